The van der Waals surface area contributed by atoms with Gasteiger partial charge in [0.05, 0.1) is 13.2 Å². The van der Waals surface area contributed by atoms with Gasteiger partial charge >= 0.3 is 6.18 Å². The van der Waals surface area contributed by atoms with Gasteiger partial charge in [-0.05, 0) is 42.3 Å². The van der Waals surface area contributed by atoms with E-state index in [2.05, 4.69) is 15.2 Å². The van der Waals surface area contributed by atoms with E-state index in [1.165, 1.54) is 6.07 Å². The summed E-state index contributed by atoms with van der Waals surface area (Å²) in [5, 5.41) is 7.75. The zero-order chi connectivity index (χ0) is 21.7. The van der Waals surface area contributed by atoms with Gasteiger partial charge in [0.15, 0.2) is 5.82 Å². The normalized spacial score (nSPS) is 11.5. The first-order valence-corrected chi connectivity index (χ1v) is 9.41. The second kappa shape index (κ2) is 9.32. The predicted molar refractivity (Wildman–Crippen MR) is 108 cm³/mol. The highest BCUT2D eigenvalue weighted by atomic mass is 35.5. The molecule has 0 bridgehead atoms. The molecular weight excluding hydrogens is 419 g/mol. The molecular formula is C21H19ClF3N3O2. The highest BCUT2D eigenvalue weighted by Crippen LogP contribution is 2.17. The Morgan fingerprint density at radius 3 is 2.57 bits per heavy atom. The average molecular weight is 438 g/mol. The van der Waals surface area contributed by atoms with Crippen LogP contribution in [-0.2, 0) is 17.9 Å². The Morgan fingerprint density at radius 2 is 1.87 bits per heavy atom. The minimum Gasteiger partial charge on any atom is -0.367 e. The Balaban J connectivity index is 1.63. The van der Waals surface area contributed by atoms with E-state index >= 15 is 0 Å². The molecule has 158 valence electrons. The molecule has 30 heavy (non-hydrogen) atoms. The lowest BCUT2D eigenvalue weighted by Crippen LogP contribution is -2.17. The van der Waals surface area contributed by atoms with E-state index < -0.39 is 18.7 Å². The lowest BCUT2D eigenvalue weighted by Gasteiger charge is -2.09. The second-order valence-corrected chi connectivity index (χ2v) is 7.15. The number of amides is 1. The van der Waals surface area contributed by atoms with E-state index in [1.807, 2.05) is 19.1 Å². The van der Waals surface area contributed by atoms with Crippen molar-refractivity contribution in [2.45, 2.75) is 26.3 Å². The summed E-state index contributed by atoms with van der Waals surface area (Å²) in [6, 6.07) is 15.4. The maximum Gasteiger partial charge on any atom is 0.411 e. The molecule has 1 heterocycles. The van der Waals surface area contributed by atoms with Gasteiger partial charge in [-0.15, -0.1) is 0 Å². The number of anilines is 1. The van der Waals surface area contributed by atoms with Crippen LogP contribution in [0.1, 0.15) is 27.2 Å². The molecule has 0 spiro atoms. The number of ether oxygens (including phenoxy) is 1. The number of benzene rings is 2. The summed E-state index contributed by atoms with van der Waals surface area (Å²) < 4.78 is 43.0. The molecule has 0 unspecified atom stereocenters. The molecule has 1 N–H and O–H groups in total. The van der Waals surface area contributed by atoms with E-state index in [9.17, 15) is 18.0 Å². The average Bonchev–Trinajstić information content (AvgIpc) is 3.01. The van der Waals surface area contributed by atoms with Crippen LogP contribution in [0, 0.1) is 6.92 Å². The van der Waals surface area contributed by atoms with Crippen LogP contribution < -0.4 is 5.32 Å². The number of aryl methyl sites for hydroxylation is 1. The van der Waals surface area contributed by atoms with Crippen LogP contribution in [-0.4, -0.2) is 28.5 Å². The summed E-state index contributed by atoms with van der Waals surface area (Å²) in [6.07, 6.45) is -4.39. The third-order valence-electron chi connectivity index (χ3n) is 4.19. The molecule has 3 aromatic rings. The Labute approximate surface area is 176 Å². The van der Waals surface area contributed by atoms with Crippen LogP contribution in [0.4, 0.5) is 19.0 Å². The van der Waals surface area contributed by atoms with E-state index in [0.717, 1.165) is 11.3 Å². The highest BCUT2D eigenvalue weighted by Gasteiger charge is 2.27. The summed E-state index contributed by atoms with van der Waals surface area (Å²) in [5.74, 6) is -0.0333. The highest BCUT2D eigenvalue weighted by molar-refractivity contribution is 6.30. The van der Waals surface area contributed by atoms with Crippen LogP contribution >= 0.6 is 11.6 Å². The molecule has 3 rings (SSSR count). The van der Waals surface area contributed by atoms with Crippen molar-refractivity contribution in [3.63, 3.8) is 0 Å². The van der Waals surface area contributed by atoms with E-state index in [-0.39, 0.29) is 6.61 Å². The predicted octanol–water partition coefficient (Wildman–Crippen LogP) is 5.22. The molecule has 0 aliphatic carbocycles. The Morgan fingerprint density at radius 1 is 1.13 bits per heavy atom. The number of aromatic nitrogens is 2. The fourth-order valence-electron chi connectivity index (χ4n) is 2.77. The molecule has 0 fully saturated rings. The van der Waals surface area contributed by atoms with Crippen molar-refractivity contribution >= 4 is 23.3 Å². The van der Waals surface area contributed by atoms with Crippen molar-refractivity contribution in [1.29, 1.82) is 0 Å². The number of alkyl halides is 3. The molecule has 9 heteroatoms. The number of nitrogens with zero attached hydrogens (tertiary/aromatic N) is 2. The van der Waals surface area contributed by atoms with Crippen molar-refractivity contribution in [2.75, 3.05) is 11.9 Å². The molecule has 1 amide bonds. The summed E-state index contributed by atoms with van der Waals surface area (Å²) in [6.45, 7) is 0.811. The van der Waals surface area contributed by atoms with E-state index in [1.54, 1.807) is 41.1 Å². The molecule has 0 aliphatic heterocycles. The fraction of sp³-hybridized carbons (Fsp3) is 0.238. The van der Waals surface area contributed by atoms with Crippen molar-refractivity contribution in [1.82, 2.24) is 9.78 Å². The van der Waals surface area contributed by atoms with Crippen LogP contribution in [0.15, 0.2) is 54.6 Å². The number of halogens is 4. The van der Waals surface area contributed by atoms with E-state index in [0.29, 0.717) is 28.5 Å². The topological polar surface area (TPSA) is 56.1 Å². The number of nitrogens with one attached hydrogen (secondary N) is 1. The van der Waals surface area contributed by atoms with Crippen molar-refractivity contribution in [2.24, 2.45) is 0 Å². The Hall–Kier alpha value is -2.84. The molecule has 0 radical (unpaired) electrons. The van der Waals surface area contributed by atoms with E-state index in [4.69, 9.17) is 11.6 Å². The molecule has 0 saturated heterocycles. The monoisotopic (exact) mass is 437 g/mol. The lowest BCUT2D eigenvalue weighted by atomic mass is 10.1. The van der Waals surface area contributed by atoms with Crippen molar-refractivity contribution in [3.05, 3.63) is 82.0 Å². The van der Waals surface area contributed by atoms with Gasteiger partial charge in [-0.25, -0.2) is 0 Å². The Bertz CT molecular complexity index is 1020. The lowest BCUT2D eigenvalue weighted by molar-refractivity contribution is -0.176. The van der Waals surface area contributed by atoms with Crippen molar-refractivity contribution < 1.29 is 22.7 Å². The zero-order valence-electron chi connectivity index (χ0n) is 16.0. The van der Waals surface area contributed by atoms with Gasteiger partial charge < -0.3 is 10.1 Å². The van der Waals surface area contributed by atoms with Crippen LogP contribution in [0.3, 0.4) is 0 Å². The third kappa shape index (κ3) is 6.33. The number of carbonyl (C=O) groups is 1. The molecule has 1 aromatic heterocycles. The van der Waals surface area contributed by atoms with Gasteiger partial charge in [0.1, 0.15) is 6.61 Å². The first kappa shape index (κ1) is 21.9. The van der Waals surface area contributed by atoms with Crippen LogP contribution in [0.5, 0.6) is 0 Å². The maximum atomic E-state index is 12.5. The van der Waals surface area contributed by atoms with Gasteiger partial charge in [0.2, 0.25) is 0 Å². The van der Waals surface area contributed by atoms with Crippen LogP contribution in [0.25, 0.3) is 0 Å². The van der Waals surface area contributed by atoms with Gasteiger partial charge in [0, 0.05) is 22.3 Å². The molecule has 0 aliphatic rings. The molecule has 0 saturated carbocycles. The summed E-state index contributed by atoms with van der Waals surface area (Å²) >= 11 is 5.90. The number of carbonyl (C=O) groups excluding carboxylic acids is 1. The standard InChI is InChI=1S/C21H19ClF3N3O2/c1-14-9-19(27-28(14)11-15-5-7-18(22)8-6-15)26-20(29)17-4-2-3-16(10-17)12-30-13-21(23,24)25/h2-10H,11-13H2,1H3,(H,26,27,29). The minimum absolute atomic E-state index is 0.241. The number of hydrogen-bond acceptors (Lipinski definition) is 3. The van der Waals surface area contributed by atoms with Gasteiger partial charge in [-0.3, -0.25) is 9.48 Å². The SMILES string of the molecule is Cc1cc(NC(=O)c2cccc(COCC(F)(F)F)c2)nn1Cc1ccc(Cl)cc1. The largest absolute Gasteiger partial charge is 0.411 e. The quantitative estimate of drug-likeness (QED) is 0.551. The minimum atomic E-state index is -4.39. The van der Waals surface area contributed by atoms with Crippen LogP contribution in [0.2, 0.25) is 5.02 Å². The Kier molecular flexibility index (Phi) is 6.79. The zero-order valence-corrected chi connectivity index (χ0v) is 16.8. The molecule has 2 aromatic carbocycles. The fourth-order valence-corrected chi connectivity index (χ4v) is 2.90. The maximum absolute atomic E-state index is 12.5. The van der Waals surface area contributed by atoms with Gasteiger partial charge in [-0.1, -0.05) is 35.9 Å². The van der Waals surface area contributed by atoms with Gasteiger partial charge in [-0.2, -0.15) is 18.3 Å². The molecule has 0 atom stereocenters. The third-order valence-corrected chi connectivity index (χ3v) is 4.44. The van der Waals surface area contributed by atoms with Crippen molar-refractivity contribution in [3.8, 4) is 0 Å². The second-order valence-electron chi connectivity index (χ2n) is 6.72. The first-order valence-electron chi connectivity index (χ1n) is 9.03. The summed E-state index contributed by atoms with van der Waals surface area (Å²) in [4.78, 5) is 12.5. The number of rotatable bonds is 7. The molecule has 5 nitrogen and oxygen atoms in total. The smallest absolute Gasteiger partial charge is 0.367 e. The first-order chi connectivity index (χ1) is 14.2. The summed E-state index contributed by atoms with van der Waals surface area (Å²) in [7, 11) is 0. The summed E-state index contributed by atoms with van der Waals surface area (Å²) in [5.41, 5.74) is 2.63. The number of hydrogen-bond donors (Lipinski definition) is 1. The van der Waals surface area contributed by atoms with Gasteiger partial charge in [0.25, 0.3) is 5.91 Å².